The molecule has 0 aliphatic carbocycles. The van der Waals surface area contributed by atoms with E-state index in [-0.39, 0.29) is 0 Å². The number of nitrogens with zero attached hydrogens (tertiary/aromatic N) is 4. The molecule has 0 bridgehead atoms. The normalized spacial score (nSPS) is 11.1. The highest BCUT2D eigenvalue weighted by atomic mass is 32.1. The first-order chi connectivity index (χ1) is 20.2. The lowest BCUT2D eigenvalue weighted by Gasteiger charge is -2.06. The molecule has 0 atom stereocenters. The summed E-state index contributed by atoms with van der Waals surface area (Å²) in [5.74, 6) is 0. The number of hydrazine groups is 1. The maximum Gasteiger partial charge on any atom is 0.202 e. The number of rotatable bonds is 7. The van der Waals surface area contributed by atoms with Gasteiger partial charge < -0.3 is 0 Å². The van der Waals surface area contributed by atoms with Crippen LogP contribution in [0.5, 0.6) is 0 Å². The quantitative estimate of drug-likeness (QED) is 0.181. The van der Waals surface area contributed by atoms with E-state index in [4.69, 9.17) is 9.97 Å². The van der Waals surface area contributed by atoms with Crippen LogP contribution in [0.25, 0.3) is 43.4 Å². The number of hydrogen-bond donors (Lipinski definition) is 2. The number of hydrogen-bond acceptors (Lipinski definition) is 8. The summed E-state index contributed by atoms with van der Waals surface area (Å²) in [7, 11) is 0. The summed E-state index contributed by atoms with van der Waals surface area (Å²) >= 11 is 3.23. The van der Waals surface area contributed by atoms with Crippen molar-refractivity contribution in [1.82, 2.24) is 19.9 Å². The number of aromatic nitrogens is 4. The van der Waals surface area contributed by atoms with E-state index in [0.717, 1.165) is 70.7 Å². The van der Waals surface area contributed by atoms with E-state index in [2.05, 4.69) is 102 Å². The van der Waals surface area contributed by atoms with Gasteiger partial charge in [-0.05, 0) is 95.1 Å². The Bertz CT molecular complexity index is 1740. The minimum Gasteiger partial charge on any atom is -0.274 e. The summed E-state index contributed by atoms with van der Waals surface area (Å²) < 4.78 is 0. The first-order valence-electron chi connectivity index (χ1n) is 13.8. The summed E-state index contributed by atoms with van der Waals surface area (Å²) in [4.78, 5) is 21.3. The lowest BCUT2D eigenvalue weighted by atomic mass is 10.0. The fraction of sp³-hybridized carbons (Fsp3) is 0.176. The zero-order valence-electron chi connectivity index (χ0n) is 24.5. The Morgan fingerprint density at radius 1 is 0.500 bits per heavy atom. The molecule has 4 heterocycles. The number of nitrogens with one attached hydrogen (secondary N) is 2. The third-order valence-corrected chi connectivity index (χ3v) is 8.86. The zero-order valence-corrected chi connectivity index (χ0v) is 26.2. The van der Waals surface area contributed by atoms with Crippen LogP contribution in [0.15, 0.2) is 72.9 Å². The van der Waals surface area contributed by atoms with Crippen LogP contribution in [0.1, 0.15) is 33.8 Å². The summed E-state index contributed by atoms with van der Waals surface area (Å²) in [6.07, 6.45) is 1.85. The molecule has 6 rings (SSSR count). The second-order valence-corrected chi connectivity index (χ2v) is 12.7. The Morgan fingerprint density at radius 3 is 1.69 bits per heavy atom. The minimum absolute atomic E-state index is 0.762. The van der Waals surface area contributed by atoms with Crippen molar-refractivity contribution in [3.8, 4) is 43.4 Å². The van der Waals surface area contributed by atoms with Crippen LogP contribution in [0.3, 0.4) is 0 Å². The number of pyridine rings is 2. The van der Waals surface area contributed by atoms with Gasteiger partial charge in [-0.15, -0.1) is 0 Å². The fourth-order valence-electron chi connectivity index (χ4n) is 5.19. The topological polar surface area (TPSA) is 75.6 Å². The van der Waals surface area contributed by atoms with Crippen LogP contribution in [0, 0.1) is 41.5 Å². The van der Waals surface area contributed by atoms with Gasteiger partial charge in [-0.3, -0.25) is 20.8 Å². The largest absolute Gasteiger partial charge is 0.274 e. The van der Waals surface area contributed by atoms with Crippen LogP contribution in [0.4, 0.5) is 10.3 Å². The van der Waals surface area contributed by atoms with Gasteiger partial charge in [0.25, 0.3) is 0 Å². The molecule has 0 saturated carbocycles. The molecule has 0 radical (unpaired) electrons. The molecule has 42 heavy (non-hydrogen) atoms. The highest BCUT2D eigenvalue weighted by molar-refractivity contribution is 7.20. The van der Waals surface area contributed by atoms with Gasteiger partial charge >= 0.3 is 0 Å². The number of aryl methyl sites for hydroxylation is 6. The second kappa shape index (κ2) is 11.5. The van der Waals surface area contributed by atoms with Gasteiger partial charge in [0.2, 0.25) is 10.3 Å². The lowest BCUT2D eigenvalue weighted by Crippen LogP contribution is -2.07. The van der Waals surface area contributed by atoms with Crippen molar-refractivity contribution in [2.24, 2.45) is 0 Å². The minimum atomic E-state index is 0.762. The molecule has 0 unspecified atom stereocenters. The first kappa shape index (κ1) is 27.8. The van der Waals surface area contributed by atoms with Crippen molar-refractivity contribution >= 4 is 32.9 Å². The Balaban J connectivity index is 1.38. The maximum atomic E-state index is 5.06. The Kier molecular flexibility index (Phi) is 7.58. The molecule has 0 spiro atoms. The molecule has 210 valence electrons. The maximum absolute atomic E-state index is 5.06. The summed E-state index contributed by atoms with van der Waals surface area (Å²) in [6, 6.07) is 23.4. The van der Waals surface area contributed by atoms with E-state index in [9.17, 15) is 0 Å². The monoisotopic (exact) mass is 588 g/mol. The Labute approximate surface area is 254 Å². The highest BCUT2D eigenvalue weighted by Crippen LogP contribution is 2.42. The van der Waals surface area contributed by atoms with Crippen LogP contribution < -0.4 is 10.9 Å². The van der Waals surface area contributed by atoms with Crippen molar-refractivity contribution in [2.45, 2.75) is 41.5 Å². The van der Waals surface area contributed by atoms with E-state index >= 15 is 0 Å². The summed E-state index contributed by atoms with van der Waals surface area (Å²) in [5, 5.41) is 1.52. The Hall–Kier alpha value is -4.40. The van der Waals surface area contributed by atoms with Crippen molar-refractivity contribution in [3.05, 3.63) is 107 Å². The molecule has 0 aliphatic rings. The third-order valence-electron chi connectivity index (χ3n) is 6.82. The molecule has 0 amide bonds. The smallest absolute Gasteiger partial charge is 0.202 e. The van der Waals surface area contributed by atoms with Gasteiger partial charge in [-0.2, -0.15) is 0 Å². The molecule has 6 nitrogen and oxygen atoms in total. The molecular weight excluding hydrogens is 557 g/mol. The number of benzene rings is 2. The van der Waals surface area contributed by atoms with Gasteiger partial charge in [-0.1, -0.05) is 63.6 Å². The van der Waals surface area contributed by atoms with Crippen molar-refractivity contribution < 1.29 is 0 Å². The average Bonchev–Trinajstić information content (AvgIpc) is 3.56. The fourth-order valence-corrected chi connectivity index (χ4v) is 7.06. The van der Waals surface area contributed by atoms with E-state index in [0.29, 0.717) is 0 Å². The van der Waals surface area contributed by atoms with Gasteiger partial charge in [0, 0.05) is 34.4 Å². The molecule has 0 saturated heterocycles. The molecule has 0 aliphatic heterocycles. The van der Waals surface area contributed by atoms with Crippen molar-refractivity contribution in [3.63, 3.8) is 0 Å². The average molecular weight is 589 g/mol. The SMILES string of the molecule is Cc1cccc(-c2nc(NNc3nc(-c4cc(C)cc(C)c4)c(-c4ccnc(C)c4)s3)sc2-c2cc(C)nc(C)c2)c1. The van der Waals surface area contributed by atoms with Gasteiger partial charge in [-0.25, -0.2) is 9.97 Å². The molecule has 0 fully saturated rings. The van der Waals surface area contributed by atoms with Gasteiger partial charge in [0.15, 0.2) is 0 Å². The highest BCUT2D eigenvalue weighted by Gasteiger charge is 2.19. The van der Waals surface area contributed by atoms with Gasteiger partial charge in [0.05, 0.1) is 21.1 Å². The summed E-state index contributed by atoms with van der Waals surface area (Å²) in [6.45, 7) is 12.4. The van der Waals surface area contributed by atoms with Crippen LogP contribution in [-0.4, -0.2) is 19.9 Å². The van der Waals surface area contributed by atoms with E-state index in [1.807, 2.05) is 33.0 Å². The van der Waals surface area contributed by atoms with E-state index in [1.165, 1.54) is 16.7 Å². The van der Waals surface area contributed by atoms with Crippen LogP contribution in [-0.2, 0) is 0 Å². The first-order valence-corrected chi connectivity index (χ1v) is 15.4. The van der Waals surface area contributed by atoms with Crippen LogP contribution in [0.2, 0.25) is 0 Å². The predicted octanol–water partition coefficient (Wildman–Crippen LogP) is 9.35. The standard InChI is InChI=1S/C34H32N6S2/c1-19-8-7-9-25(13-19)29-32(28-17-23(5)36-24(6)18-28)42-33(37-29)39-40-34-38-30(27-14-20(2)12-21(3)15-27)31(41-34)26-10-11-35-22(4)16-26/h7-18H,1-6H3,(H,37,39)(H,38,40). The number of thiazole rings is 2. The van der Waals surface area contributed by atoms with E-state index < -0.39 is 0 Å². The van der Waals surface area contributed by atoms with Gasteiger partial charge in [0.1, 0.15) is 0 Å². The lowest BCUT2D eigenvalue weighted by molar-refractivity contribution is 1.13. The van der Waals surface area contributed by atoms with E-state index in [1.54, 1.807) is 22.7 Å². The zero-order chi connectivity index (χ0) is 29.4. The Morgan fingerprint density at radius 2 is 1.07 bits per heavy atom. The van der Waals surface area contributed by atoms with Crippen molar-refractivity contribution in [2.75, 3.05) is 10.9 Å². The molecular formula is C34H32N6S2. The second-order valence-electron chi connectivity index (χ2n) is 10.7. The third kappa shape index (κ3) is 5.95. The molecule has 6 aromatic rings. The number of anilines is 2. The molecule has 8 heteroatoms. The molecule has 2 aromatic carbocycles. The summed E-state index contributed by atoms with van der Waals surface area (Å²) in [5.41, 5.74) is 19.6. The molecule has 2 N–H and O–H groups in total. The van der Waals surface area contributed by atoms with Crippen LogP contribution >= 0.6 is 22.7 Å². The van der Waals surface area contributed by atoms with Crippen molar-refractivity contribution in [1.29, 1.82) is 0 Å². The molecule has 4 aromatic heterocycles. The predicted molar refractivity (Wildman–Crippen MR) is 177 cm³/mol.